The molecule has 0 bridgehead atoms. The van der Waals surface area contributed by atoms with Crippen molar-refractivity contribution < 1.29 is 9.52 Å². The van der Waals surface area contributed by atoms with Crippen molar-refractivity contribution in [3.8, 4) is 17.2 Å². The number of anilines is 3. The van der Waals surface area contributed by atoms with Gasteiger partial charge < -0.3 is 14.4 Å². The third kappa shape index (κ3) is 2.67. The highest BCUT2D eigenvalue weighted by Gasteiger charge is 2.25. The van der Waals surface area contributed by atoms with E-state index in [0.29, 0.717) is 17.0 Å². The minimum Gasteiger partial charge on any atom is -0.507 e. The number of hydrogen-bond donors (Lipinski definition) is 1. The first kappa shape index (κ1) is 17.2. The second-order valence-electron chi connectivity index (χ2n) is 7.06. The van der Waals surface area contributed by atoms with Crippen LogP contribution in [0.4, 0.5) is 17.1 Å². The van der Waals surface area contributed by atoms with Gasteiger partial charge in [-0.3, -0.25) is 0 Å². The molecular weight excluding hydrogens is 392 g/mol. The summed E-state index contributed by atoms with van der Waals surface area (Å²) in [4.78, 5) is 9.16. The molecule has 1 aliphatic heterocycles. The molecule has 1 N–H and O–H groups in total. The van der Waals surface area contributed by atoms with E-state index in [2.05, 4.69) is 46.3 Å². The molecule has 4 aromatic carbocycles. The zero-order chi connectivity index (χ0) is 20.1. The molecule has 0 aliphatic carbocycles. The Morgan fingerprint density at radius 1 is 0.767 bits per heavy atom. The molecule has 30 heavy (non-hydrogen) atoms. The molecule has 144 valence electrons. The van der Waals surface area contributed by atoms with Gasteiger partial charge in [-0.15, -0.1) is 0 Å². The van der Waals surface area contributed by atoms with Gasteiger partial charge in [0.15, 0.2) is 5.58 Å². The molecule has 0 unspecified atom stereocenters. The Bertz CT molecular complexity index is 1330. The number of fused-ring (bicyclic) bond motifs is 3. The third-order valence-electron chi connectivity index (χ3n) is 5.19. The predicted molar refractivity (Wildman–Crippen MR) is 120 cm³/mol. The Balaban J connectivity index is 1.55. The molecule has 2 heterocycles. The number of phenolic OH excluding ortho intramolecular Hbond substituents is 1. The standard InChI is InChI=1S/C25H16N2O2S/c28-21-14-13-16(15-17(21)25-26-18-7-1-4-10-22(18)29-25)27-19-8-2-5-11-23(19)30-24-12-6-3-9-20(24)27/h1-15,28H. The summed E-state index contributed by atoms with van der Waals surface area (Å²) in [6.45, 7) is 0. The number of phenols is 1. The molecule has 5 aromatic rings. The van der Waals surface area contributed by atoms with Crippen LogP contribution in [-0.4, -0.2) is 10.1 Å². The number of hydrogen-bond acceptors (Lipinski definition) is 5. The van der Waals surface area contributed by atoms with E-state index >= 15 is 0 Å². The Labute approximate surface area is 177 Å². The van der Waals surface area contributed by atoms with Crippen LogP contribution in [0.1, 0.15) is 0 Å². The van der Waals surface area contributed by atoms with Gasteiger partial charge in [-0.05, 0) is 54.6 Å². The molecule has 0 fully saturated rings. The lowest BCUT2D eigenvalue weighted by atomic mass is 10.1. The van der Waals surface area contributed by atoms with Crippen LogP contribution in [-0.2, 0) is 0 Å². The lowest BCUT2D eigenvalue weighted by molar-refractivity contribution is 0.474. The van der Waals surface area contributed by atoms with Gasteiger partial charge in [-0.2, -0.15) is 0 Å². The second-order valence-corrected chi connectivity index (χ2v) is 8.14. The van der Waals surface area contributed by atoms with E-state index in [-0.39, 0.29) is 5.75 Å². The number of nitrogens with zero attached hydrogens (tertiary/aromatic N) is 2. The van der Waals surface area contributed by atoms with Crippen LogP contribution in [0.25, 0.3) is 22.6 Å². The van der Waals surface area contributed by atoms with E-state index in [1.54, 1.807) is 17.8 Å². The second kappa shape index (κ2) is 6.68. The summed E-state index contributed by atoms with van der Waals surface area (Å²) in [6, 6.07) is 29.9. The lowest BCUT2D eigenvalue weighted by Gasteiger charge is -2.33. The van der Waals surface area contributed by atoms with E-state index in [9.17, 15) is 5.11 Å². The molecule has 5 heteroatoms. The fourth-order valence-electron chi connectivity index (χ4n) is 3.80. The van der Waals surface area contributed by atoms with Crippen LogP contribution in [0.5, 0.6) is 5.75 Å². The Hall–Kier alpha value is -3.70. The van der Waals surface area contributed by atoms with E-state index in [0.717, 1.165) is 22.6 Å². The minimum atomic E-state index is 0.137. The van der Waals surface area contributed by atoms with Crippen LogP contribution in [0, 0.1) is 0 Å². The smallest absolute Gasteiger partial charge is 0.231 e. The van der Waals surface area contributed by atoms with Crippen LogP contribution < -0.4 is 4.90 Å². The molecular formula is C25H16N2O2S. The van der Waals surface area contributed by atoms with Crippen molar-refractivity contribution in [2.24, 2.45) is 0 Å². The number of benzene rings is 4. The summed E-state index contributed by atoms with van der Waals surface area (Å²) in [6.07, 6.45) is 0. The van der Waals surface area contributed by atoms with Gasteiger partial charge in [0.1, 0.15) is 11.3 Å². The fraction of sp³-hybridized carbons (Fsp3) is 0. The number of aromatic hydroxyl groups is 1. The molecule has 6 rings (SSSR count). The summed E-state index contributed by atoms with van der Waals surface area (Å²) in [5.41, 5.74) is 5.18. The first-order valence-electron chi connectivity index (χ1n) is 9.63. The van der Waals surface area contributed by atoms with Crippen molar-refractivity contribution in [2.75, 3.05) is 4.90 Å². The zero-order valence-electron chi connectivity index (χ0n) is 15.8. The van der Waals surface area contributed by atoms with Crippen molar-refractivity contribution in [2.45, 2.75) is 9.79 Å². The normalized spacial score (nSPS) is 12.6. The quantitative estimate of drug-likeness (QED) is 0.330. The number of para-hydroxylation sites is 4. The molecule has 4 nitrogen and oxygen atoms in total. The molecule has 0 saturated heterocycles. The van der Waals surface area contributed by atoms with Crippen molar-refractivity contribution >= 4 is 39.9 Å². The first-order valence-corrected chi connectivity index (χ1v) is 10.4. The SMILES string of the molecule is Oc1ccc(N2c3ccccc3Sc3ccccc32)cc1-c1nc2ccccc2o1. The molecule has 0 spiro atoms. The van der Waals surface area contributed by atoms with Crippen LogP contribution in [0.2, 0.25) is 0 Å². The monoisotopic (exact) mass is 408 g/mol. The van der Waals surface area contributed by atoms with Gasteiger partial charge in [-0.25, -0.2) is 4.98 Å². The Kier molecular flexibility index (Phi) is 3.82. The highest BCUT2D eigenvalue weighted by molar-refractivity contribution is 7.99. The topological polar surface area (TPSA) is 49.5 Å². The van der Waals surface area contributed by atoms with Crippen LogP contribution >= 0.6 is 11.8 Å². The van der Waals surface area contributed by atoms with Crippen LogP contribution in [0.15, 0.2) is 105 Å². The summed E-state index contributed by atoms with van der Waals surface area (Å²) in [5.74, 6) is 0.543. The predicted octanol–water partition coefficient (Wildman–Crippen LogP) is 7.13. The molecule has 0 amide bonds. The Morgan fingerprint density at radius 3 is 2.17 bits per heavy atom. The number of oxazole rings is 1. The zero-order valence-corrected chi connectivity index (χ0v) is 16.6. The first-order chi connectivity index (χ1) is 14.8. The average molecular weight is 408 g/mol. The third-order valence-corrected chi connectivity index (χ3v) is 6.33. The summed E-state index contributed by atoms with van der Waals surface area (Å²) >= 11 is 1.77. The fourth-order valence-corrected chi connectivity index (χ4v) is 4.86. The lowest BCUT2D eigenvalue weighted by Crippen LogP contribution is -2.14. The molecule has 1 aromatic heterocycles. The molecule has 1 aliphatic rings. The van der Waals surface area contributed by atoms with E-state index in [1.807, 2.05) is 48.5 Å². The van der Waals surface area contributed by atoms with Gasteiger partial charge in [0, 0.05) is 15.5 Å². The maximum Gasteiger partial charge on any atom is 0.231 e. The van der Waals surface area contributed by atoms with Crippen molar-refractivity contribution in [3.05, 3.63) is 91.0 Å². The van der Waals surface area contributed by atoms with E-state index in [1.165, 1.54) is 9.79 Å². The number of rotatable bonds is 2. The Morgan fingerprint density at radius 2 is 1.43 bits per heavy atom. The maximum atomic E-state index is 10.6. The highest BCUT2D eigenvalue weighted by atomic mass is 32.2. The highest BCUT2D eigenvalue weighted by Crippen LogP contribution is 2.51. The molecule has 0 saturated carbocycles. The molecule has 0 radical (unpaired) electrons. The van der Waals surface area contributed by atoms with E-state index in [4.69, 9.17) is 4.42 Å². The van der Waals surface area contributed by atoms with Gasteiger partial charge in [-0.1, -0.05) is 48.2 Å². The number of aromatic nitrogens is 1. The van der Waals surface area contributed by atoms with Gasteiger partial charge in [0.2, 0.25) is 5.89 Å². The molecule has 0 atom stereocenters. The van der Waals surface area contributed by atoms with Crippen molar-refractivity contribution in [1.29, 1.82) is 0 Å². The summed E-state index contributed by atoms with van der Waals surface area (Å²) < 4.78 is 5.92. The average Bonchev–Trinajstić information content (AvgIpc) is 3.22. The summed E-state index contributed by atoms with van der Waals surface area (Å²) in [5, 5.41) is 10.6. The van der Waals surface area contributed by atoms with Gasteiger partial charge >= 0.3 is 0 Å². The maximum absolute atomic E-state index is 10.6. The van der Waals surface area contributed by atoms with Gasteiger partial charge in [0.25, 0.3) is 0 Å². The van der Waals surface area contributed by atoms with Crippen molar-refractivity contribution in [1.82, 2.24) is 4.98 Å². The van der Waals surface area contributed by atoms with E-state index < -0.39 is 0 Å². The minimum absolute atomic E-state index is 0.137. The van der Waals surface area contributed by atoms with Crippen molar-refractivity contribution in [3.63, 3.8) is 0 Å². The largest absolute Gasteiger partial charge is 0.507 e. The van der Waals surface area contributed by atoms with Crippen LogP contribution in [0.3, 0.4) is 0 Å². The van der Waals surface area contributed by atoms with Gasteiger partial charge in [0.05, 0.1) is 16.9 Å². The summed E-state index contributed by atoms with van der Waals surface area (Å²) in [7, 11) is 0.